The lowest BCUT2D eigenvalue weighted by atomic mass is 10.0. The van der Waals surface area contributed by atoms with Gasteiger partial charge in [-0.2, -0.15) is 0 Å². The van der Waals surface area contributed by atoms with Gasteiger partial charge in [-0.15, -0.1) is 0 Å². The smallest absolute Gasteiger partial charge is 0.227 e. The minimum absolute atomic E-state index is 0.427. The molecular weight excluding hydrogens is 661 g/mol. The monoisotopic (exact) mass is 684 g/mol. The van der Waals surface area contributed by atoms with Crippen molar-refractivity contribution >= 4 is 55.0 Å². The Morgan fingerprint density at radius 3 is 1.68 bits per heavy atom. The zero-order chi connectivity index (χ0) is 34.9. The summed E-state index contributed by atoms with van der Waals surface area (Å²) in [4.78, 5) is 29.9. The number of oxazole rings is 2. The first-order valence-electron chi connectivity index (χ1n) is 17.1. The molecule has 0 atom stereocenters. The molecule has 6 aromatic carbocycles. The molecule has 0 aliphatic rings. The summed E-state index contributed by atoms with van der Waals surface area (Å²) in [6.07, 6.45) is 0. The number of hydrogen-bond donors (Lipinski definition) is 0. The Balaban J connectivity index is 1.18. The first-order chi connectivity index (χ1) is 26.2. The van der Waals surface area contributed by atoms with Crippen molar-refractivity contribution in [3.05, 3.63) is 146 Å². The SMILES string of the molecule is c1ccc2nc(-c3nc(-c4cc(-c5nc6ccccc6o5)cc(-c5nc6ccccc6o5)c4)nc(-c4cccc5oc6ccccc6c45)n3)ccc2c1. The molecule has 0 amide bonds. The van der Waals surface area contributed by atoms with Gasteiger partial charge in [0.1, 0.15) is 27.9 Å². The summed E-state index contributed by atoms with van der Waals surface area (Å²) in [5.74, 6) is 2.24. The van der Waals surface area contributed by atoms with Gasteiger partial charge >= 0.3 is 0 Å². The maximum atomic E-state index is 6.27. The topological polar surface area (TPSA) is 117 Å². The molecule has 0 aliphatic carbocycles. The molecule has 248 valence electrons. The maximum absolute atomic E-state index is 6.27. The molecule has 5 aromatic heterocycles. The third kappa shape index (κ3) is 4.94. The van der Waals surface area contributed by atoms with Crippen LogP contribution in [0.5, 0.6) is 0 Å². The number of furan rings is 1. The van der Waals surface area contributed by atoms with Crippen molar-refractivity contribution in [2.45, 2.75) is 0 Å². The van der Waals surface area contributed by atoms with Gasteiger partial charge in [0.2, 0.25) is 11.8 Å². The van der Waals surface area contributed by atoms with Crippen LogP contribution in [0.1, 0.15) is 0 Å². The molecular formula is C44H24N6O3. The van der Waals surface area contributed by atoms with E-state index >= 15 is 0 Å². The van der Waals surface area contributed by atoms with Crippen molar-refractivity contribution in [2.24, 2.45) is 0 Å². The van der Waals surface area contributed by atoms with Crippen LogP contribution in [0.15, 0.2) is 159 Å². The molecule has 9 heteroatoms. The van der Waals surface area contributed by atoms with Gasteiger partial charge in [-0.05, 0) is 66.7 Å². The summed E-state index contributed by atoms with van der Waals surface area (Å²) < 4.78 is 18.8. The van der Waals surface area contributed by atoms with Gasteiger partial charge in [-0.1, -0.05) is 78.9 Å². The van der Waals surface area contributed by atoms with E-state index in [9.17, 15) is 0 Å². The molecule has 0 unspecified atom stereocenters. The second-order valence-electron chi connectivity index (χ2n) is 12.7. The number of nitrogens with zero attached hydrogens (tertiary/aromatic N) is 6. The predicted molar refractivity (Wildman–Crippen MR) is 205 cm³/mol. The number of rotatable bonds is 5. The molecule has 0 bridgehead atoms. The summed E-state index contributed by atoms with van der Waals surface area (Å²) in [5, 5.41) is 2.92. The number of fused-ring (bicyclic) bond motifs is 6. The van der Waals surface area contributed by atoms with Crippen LogP contribution in [-0.4, -0.2) is 29.9 Å². The highest BCUT2D eigenvalue weighted by atomic mass is 16.4. The third-order valence-electron chi connectivity index (χ3n) is 9.38. The molecule has 9 nitrogen and oxygen atoms in total. The fourth-order valence-electron chi connectivity index (χ4n) is 6.89. The number of pyridine rings is 1. The molecule has 0 fully saturated rings. The standard InChI is InChI=1S/C44H24N6O3/c1-3-13-31-25(10-1)20-21-34(45-31)42-49-40(48-41(50-42)30-12-9-19-38-39(30)29-11-2-6-16-35(29)51-38)26-22-27(43-46-32-14-4-7-17-36(32)52-43)24-28(23-26)44-47-33-15-5-8-18-37(33)53-44/h1-24H. The van der Waals surface area contributed by atoms with E-state index < -0.39 is 0 Å². The first kappa shape index (κ1) is 29.2. The number of hydrogen-bond acceptors (Lipinski definition) is 9. The second-order valence-corrected chi connectivity index (χ2v) is 12.7. The van der Waals surface area contributed by atoms with Crippen LogP contribution < -0.4 is 0 Å². The molecule has 53 heavy (non-hydrogen) atoms. The molecule has 11 rings (SSSR count). The zero-order valence-electron chi connectivity index (χ0n) is 27.8. The fraction of sp³-hybridized carbons (Fsp3) is 0. The van der Waals surface area contributed by atoms with E-state index in [1.54, 1.807) is 0 Å². The van der Waals surface area contributed by atoms with E-state index in [0.29, 0.717) is 62.8 Å². The van der Waals surface area contributed by atoms with Gasteiger partial charge in [0.15, 0.2) is 28.6 Å². The lowest BCUT2D eigenvalue weighted by Gasteiger charge is -2.11. The largest absolute Gasteiger partial charge is 0.456 e. The van der Waals surface area contributed by atoms with Crippen molar-refractivity contribution in [2.75, 3.05) is 0 Å². The van der Waals surface area contributed by atoms with E-state index in [4.69, 9.17) is 43.2 Å². The second kappa shape index (κ2) is 11.5. The van der Waals surface area contributed by atoms with Crippen LogP contribution in [0.4, 0.5) is 0 Å². The van der Waals surface area contributed by atoms with Crippen LogP contribution in [0.25, 0.3) is 112 Å². The van der Waals surface area contributed by atoms with Crippen LogP contribution in [0, 0.1) is 0 Å². The Hall–Kier alpha value is -7.52. The molecule has 0 spiro atoms. The lowest BCUT2D eigenvalue weighted by molar-refractivity contribution is 0.617. The summed E-state index contributed by atoms with van der Waals surface area (Å²) in [5.41, 5.74) is 8.80. The molecule has 0 saturated carbocycles. The maximum Gasteiger partial charge on any atom is 0.227 e. The predicted octanol–water partition coefficient (Wildman–Crippen LogP) is 10.9. The van der Waals surface area contributed by atoms with Crippen molar-refractivity contribution in [1.82, 2.24) is 29.9 Å². The van der Waals surface area contributed by atoms with Gasteiger partial charge in [-0.25, -0.2) is 29.9 Å². The molecule has 5 heterocycles. The van der Waals surface area contributed by atoms with Gasteiger partial charge in [0.25, 0.3) is 0 Å². The highest BCUT2D eigenvalue weighted by molar-refractivity contribution is 6.11. The summed E-state index contributed by atoms with van der Waals surface area (Å²) >= 11 is 0. The fourth-order valence-corrected chi connectivity index (χ4v) is 6.89. The van der Waals surface area contributed by atoms with Crippen LogP contribution >= 0.6 is 0 Å². The normalized spacial score (nSPS) is 11.8. The quantitative estimate of drug-likeness (QED) is 0.174. The summed E-state index contributed by atoms with van der Waals surface area (Å²) in [6, 6.07) is 47.2. The Kier molecular flexibility index (Phi) is 6.35. The molecule has 0 radical (unpaired) electrons. The third-order valence-corrected chi connectivity index (χ3v) is 9.38. The average Bonchev–Trinajstić information content (AvgIpc) is 3.96. The first-order valence-corrected chi connectivity index (χ1v) is 17.1. The van der Waals surface area contributed by atoms with Gasteiger partial charge < -0.3 is 13.3 Å². The Morgan fingerprint density at radius 2 is 0.943 bits per heavy atom. The highest BCUT2D eigenvalue weighted by Crippen LogP contribution is 2.38. The number of aromatic nitrogens is 6. The van der Waals surface area contributed by atoms with E-state index in [0.717, 1.165) is 49.4 Å². The van der Waals surface area contributed by atoms with E-state index in [2.05, 4.69) is 6.07 Å². The number of para-hydroxylation sites is 6. The summed E-state index contributed by atoms with van der Waals surface area (Å²) in [6.45, 7) is 0. The van der Waals surface area contributed by atoms with Crippen molar-refractivity contribution in [3.8, 4) is 57.2 Å². The van der Waals surface area contributed by atoms with Gasteiger partial charge in [0, 0.05) is 38.4 Å². The average molecular weight is 685 g/mol. The Labute approximate surface area is 300 Å². The van der Waals surface area contributed by atoms with Crippen LogP contribution in [0.2, 0.25) is 0 Å². The Morgan fingerprint density at radius 1 is 0.358 bits per heavy atom. The van der Waals surface area contributed by atoms with E-state index in [-0.39, 0.29) is 0 Å². The van der Waals surface area contributed by atoms with E-state index in [1.165, 1.54) is 0 Å². The number of benzene rings is 6. The molecule has 0 aliphatic heterocycles. The van der Waals surface area contributed by atoms with Gasteiger partial charge in [0.05, 0.1) is 5.52 Å². The molecule has 11 aromatic rings. The summed E-state index contributed by atoms with van der Waals surface area (Å²) in [7, 11) is 0. The minimum atomic E-state index is 0.427. The van der Waals surface area contributed by atoms with Crippen molar-refractivity contribution in [1.29, 1.82) is 0 Å². The van der Waals surface area contributed by atoms with Crippen molar-refractivity contribution < 1.29 is 13.3 Å². The minimum Gasteiger partial charge on any atom is -0.456 e. The highest BCUT2D eigenvalue weighted by Gasteiger charge is 2.21. The molecule has 0 N–H and O–H groups in total. The van der Waals surface area contributed by atoms with Crippen molar-refractivity contribution in [3.63, 3.8) is 0 Å². The zero-order valence-corrected chi connectivity index (χ0v) is 27.8. The molecule has 0 saturated heterocycles. The lowest BCUT2D eigenvalue weighted by Crippen LogP contribution is -2.02. The Bertz CT molecular complexity index is 3060. The van der Waals surface area contributed by atoms with E-state index in [1.807, 2.05) is 140 Å². The van der Waals surface area contributed by atoms with Gasteiger partial charge in [-0.3, -0.25) is 0 Å². The van der Waals surface area contributed by atoms with Crippen LogP contribution in [0.3, 0.4) is 0 Å². The van der Waals surface area contributed by atoms with Crippen LogP contribution in [-0.2, 0) is 0 Å².